The number of halogens is 1. The molecule has 3 rings (SSSR count). The minimum absolute atomic E-state index is 0.658. The summed E-state index contributed by atoms with van der Waals surface area (Å²) in [4.78, 5) is 7.18. The Morgan fingerprint density at radius 2 is 2.10 bits per heavy atom. The van der Waals surface area contributed by atoms with Crippen molar-refractivity contribution >= 4 is 11.6 Å². The van der Waals surface area contributed by atoms with Gasteiger partial charge in [-0.25, -0.2) is 4.98 Å². The van der Waals surface area contributed by atoms with Crippen molar-refractivity contribution in [2.75, 3.05) is 6.61 Å². The Morgan fingerprint density at radius 1 is 1.24 bits per heavy atom. The lowest BCUT2D eigenvalue weighted by atomic mass is 9.87. The fourth-order valence-corrected chi connectivity index (χ4v) is 3.30. The van der Waals surface area contributed by atoms with Crippen LogP contribution >= 0.6 is 11.6 Å². The van der Waals surface area contributed by atoms with E-state index in [1.54, 1.807) is 12.5 Å². The van der Waals surface area contributed by atoms with Crippen LogP contribution in [-0.2, 0) is 0 Å². The molecular weight excluding hydrogens is 284 g/mol. The molecule has 1 aliphatic rings. The predicted octanol–water partition coefficient (Wildman–Crippen LogP) is 5.08. The molecule has 1 aromatic heterocycles. The zero-order valence-electron chi connectivity index (χ0n) is 12.1. The van der Waals surface area contributed by atoms with Crippen molar-refractivity contribution in [2.24, 2.45) is 5.92 Å². The van der Waals surface area contributed by atoms with Gasteiger partial charge >= 0.3 is 0 Å². The first-order valence-corrected chi connectivity index (χ1v) is 8.12. The highest BCUT2D eigenvalue weighted by Gasteiger charge is 2.15. The van der Waals surface area contributed by atoms with Gasteiger partial charge in [0.15, 0.2) is 0 Å². The molecule has 21 heavy (non-hydrogen) atoms. The lowest BCUT2D eigenvalue weighted by Gasteiger charge is -2.22. The number of hydrogen-bond donors (Lipinski definition) is 1. The fourth-order valence-electron chi connectivity index (χ4n) is 3.07. The van der Waals surface area contributed by atoms with E-state index < -0.39 is 0 Å². The first-order valence-electron chi connectivity index (χ1n) is 7.74. The van der Waals surface area contributed by atoms with Gasteiger partial charge in [-0.05, 0) is 24.5 Å². The molecule has 3 nitrogen and oxygen atoms in total. The summed E-state index contributed by atoms with van der Waals surface area (Å²) in [5, 5.41) is 0.658. The molecule has 0 amide bonds. The van der Waals surface area contributed by atoms with E-state index in [-0.39, 0.29) is 0 Å². The number of nitrogens with one attached hydrogen (secondary N) is 1. The first kappa shape index (κ1) is 14.5. The van der Waals surface area contributed by atoms with Gasteiger partial charge in [0, 0.05) is 5.56 Å². The lowest BCUT2D eigenvalue weighted by molar-refractivity contribution is 0.247. The Hall–Kier alpha value is -1.48. The Labute approximate surface area is 130 Å². The lowest BCUT2D eigenvalue weighted by Crippen LogP contribution is -2.11. The van der Waals surface area contributed by atoms with Gasteiger partial charge in [-0.15, -0.1) is 0 Å². The van der Waals surface area contributed by atoms with E-state index in [2.05, 4.69) is 9.97 Å². The molecule has 1 heterocycles. The molecule has 0 unspecified atom stereocenters. The molecular formula is C17H21ClN2O. The van der Waals surface area contributed by atoms with E-state index >= 15 is 0 Å². The second kappa shape index (κ2) is 6.99. The standard InChI is InChI=1S/C17H21ClN2O/c18-15-8-4-7-14(16-11-19-12-20-16)17(15)21-10-9-13-5-2-1-3-6-13/h4,7-8,11-13H,1-3,5-6,9-10H2,(H,19,20). The summed E-state index contributed by atoms with van der Waals surface area (Å²) in [6.07, 6.45) is 11.4. The van der Waals surface area contributed by atoms with Gasteiger partial charge in [0.25, 0.3) is 0 Å². The molecule has 0 bridgehead atoms. The third kappa shape index (κ3) is 3.59. The number of ether oxygens (including phenoxy) is 1. The summed E-state index contributed by atoms with van der Waals surface area (Å²) in [6.45, 7) is 0.732. The topological polar surface area (TPSA) is 37.9 Å². The van der Waals surface area contributed by atoms with Crippen LogP contribution in [0.3, 0.4) is 0 Å². The molecule has 112 valence electrons. The summed E-state index contributed by atoms with van der Waals surface area (Å²) < 4.78 is 6.01. The Bertz CT molecular complexity index is 562. The highest BCUT2D eigenvalue weighted by molar-refractivity contribution is 6.32. The van der Waals surface area contributed by atoms with Gasteiger partial charge < -0.3 is 9.72 Å². The molecule has 0 radical (unpaired) electrons. The molecule has 1 fully saturated rings. The maximum Gasteiger partial charge on any atom is 0.147 e. The monoisotopic (exact) mass is 304 g/mol. The van der Waals surface area contributed by atoms with Crippen LogP contribution in [-0.4, -0.2) is 16.6 Å². The van der Waals surface area contributed by atoms with E-state index in [1.807, 2.05) is 18.2 Å². The summed E-state index contributed by atoms with van der Waals surface area (Å²) in [5.74, 6) is 1.58. The van der Waals surface area contributed by atoms with Crippen LogP contribution in [0.25, 0.3) is 11.3 Å². The average Bonchev–Trinajstić information content (AvgIpc) is 3.04. The molecule has 0 atom stereocenters. The van der Waals surface area contributed by atoms with Gasteiger partial charge in [-0.1, -0.05) is 49.8 Å². The van der Waals surface area contributed by atoms with Gasteiger partial charge in [0.1, 0.15) is 5.75 Å². The summed E-state index contributed by atoms with van der Waals surface area (Å²) in [7, 11) is 0. The molecule has 0 saturated heterocycles. The smallest absolute Gasteiger partial charge is 0.147 e. The molecule has 0 aliphatic heterocycles. The van der Waals surface area contributed by atoms with E-state index in [4.69, 9.17) is 16.3 Å². The molecule has 0 spiro atoms. The number of H-pyrrole nitrogens is 1. The van der Waals surface area contributed by atoms with Crippen LogP contribution in [0.5, 0.6) is 5.75 Å². The zero-order valence-corrected chi connectivity index (χ0v) is 12.9. The average molecular weight is 305 g/mol. The van der Waals surface area contributed by atoms with Crippen molar-refractivity contribution < 1.29 is 4.74 Å². The number of hydrogen-bond acceptors (Lipinski definition) is 2. The van der Waals surface area contributed by atoms with Crippen molar-refractivity contribution in [1.29, 1.82) is 0 Å². The Balaban J connectivity index is 1.67. The summed E-state index contributed by atoms with van der Waals surface area (Å²) >= 11 is 6.31. The zero-order chi connectivity index (χ0) is 14.5. The van der Waals surface area contributed by atoms with Gasteiger partial charge in [-0.3, -0.25) is 0 Å². The number of rotatable bonds is 5. The number of benzene rings is 1. The largest absolute Gasteiger partial charge is 0.491 e. The van der Waals surface area contributed by atoms with Gasteiger partial charge in [0.05, 0.1) is 29.8 Å². The van der Waals surface area contributed by atoms with Crippen LogP contribution in [0.1, 0.15) is 38.5 Å². The maximum absolute atomic E-state index is 6.31. The highest BCUT2D eigenvalue weighted by Crippen LogP contribution is 2.35. The van der Waals surface area contributed by atoms with Crippen molar-refractivity contribution in [3.05, 3.63) is 35.7 Å². The van der Waals surface area contributed by atoms with E-state index in [0.717, 1.165) is 36.0 Å². The Morgan fingerprint density at radius 3 is 2.86 bits per heavy atom. The van der Waals surface area contributed by atoms with Crippen molar-refractivity contribution in [3.63, 3.8) is 0 Å². The Kier molecular flexibility index (Phi) is 4.81. The van der Waals surface area contributed by atoms with E-state index in [9.17, 15) is 0 Å². The number of para-hydroxylation sites is 1. The fraction of sp³-hybridized carbons (Fsp3) is 0.471. The molecule has 1 saturated carbocycles. The van der Waals surface area contributed by atoms with Crippen LogP contribution in [0.2, 0.25) is 5.02 Å². The van der Waals surface area contributed by atoms with Crippen molar-refractivity contribution in [3.8, 4) is 17.0 Å². The predicted molar refractivity (Wildman–Crippen MR) is 85.7 cm³/mol. The van der Waals surface area contributed by atoms with Crippen LogP contribution in [0.15, 0.2) is 30.7 Å². The normalized spacial score (nSPS) is 16.0. The second-order valence-electron chi connectivity index (χ2n) is 5.72. The van der Waals surface area contributed by atoms with Crippen LogP contribution in [0, 0.1) is 5.92 Å². The van der Waals surface area contributed by atoms with Crippen molar-refractivity contribution in [1.82, 2.24) is 9.97 Å². The minimum atomic E-state index is 0.658. The second-order valence-corrected chi connectivity index (χ2v) is 6.13. The SMILES string of the molecule is Clc1cccc(-c2cnc[nH]2)c1OCCC1CCCCC1. The van der Waals surface area contributed by atoms with E-state index in [1.165, 1.54) is 32.1 Å². The molecule has 1 N–H and O–H groups in total. The molecule has 1 aromatic carbocycles. The molecule has 4 heteroatoms. The van der Waals surface area contributed by atoms with Crippen LogP contribution < -0.4 is 4.74 Å². The van der Waals surface area contributed by atoms with Gasteiger partial charge in [0.2, 0.25) is 0 Å². The van der Waals surface area contributed by atoms with E-state index in [0.29, 0.717) is 5.02 Å². The molecule has 1 aliphatic carbocycles. The minimum Gasteiger partial charge on any atom is -0.491 e. The van der Waals surface area contributed by atoms with Gasteiger partial charge in [-0.2, -0.15) is 0 Å². The van der Waals surface area contributed by atoms with Crippen LogP contribution in [0.4, 0.5) is 0 Å². The third-order valence-corrected chi connectivity index (χ3v) is 4.55. The third-order valence-electron chi connectivity index (χ3n) is 4.25. The maximum atomic E-state index is 6.31. The van der Waals surface area contributed by atoms with Crippen molar-refractivity contribution in [2.45, 2.75) is 38.5 Å². The quantitative estimate of drug-likeness (QED) is 0.836. The summed E-state index contributed by atoms with van der Waals surface area (Å²) in [6, 6.07) is 5.82. The number of aromatic nitrogens is 2. The molecule has 2 aromatic rings. The highest BCUT2D eigenvalue weighted by atomic mass is 35.5. The summed E-state index contributed by atoms with van der Waals surface area (Å²) in [5.41, 5.74) is 1.91. The number of aromatic amines is 1. The first-order chi connectivity index (χ1) is 10.3. The number of nitrogens with zero attached hydrogens (tertiary/aromatic N) is 1. The number of imidazole rings is 1.